The number of carbonyl (C=O) groups excluding carboxylic acids is 1. The third kappa shape index (κ3) is 4.98. The fraction of sp³-hybridized carbons (Fsp3) is 0.353. The lowest BCUT2D eigenvalue weighted by atomic mass is 9.92. The zero-order valence-corrected chi connectivity index (χ0v) is 24.8. The maximum atomic E-state index is 12.6. The van der Waals surface area contributed by atoms with E-state index in [1.165, 1.54) is 28.1 Å². The van der Waals surface area contributed by atoms with Crippen LogP contribution in [0.25, 0.3) is 10.8 Å². The molecule has 1 saturated carbocycles. The predicted octanol–water partition coefficient (Wildman–Crippen LogP) is 4.52. The summed E-state index contributed by atoms with van der Waals surface area (Å²) in [4.78, 5) is 37.6. The number of aromatic nitrogens is 4. The Morgan fingerprint density at radius 3 is 2.77 bits per heavy atom. The minimum atomic E-state index is -0.262. The van der Waals surface area contributed by atoms with Gasteiger partial charge in [0.25, 0.3) is 0 Å². The molecule has 2 aliphatic heterocycles. The first kappa shape index (κ1) is 27.8. The number of anilines is 2. The Kier molecular flexibility index (Phi) is 7.09. The second kappa shape index (κ2) is 11.2. The van der Waals surface area contributed by atoms with Crippen molar-refractivity contribution in [1.29, 1.82) is 5.26 Å². The number of hydrogen-bond donors (Lipinski definition) is 0. The molecule has 44 heavy (non-hydrogen) atoms. The van der Waals surface area contributed by atoms with Crippen LogP contribution >= 0.6 is 0 Å². The molecular weight excluding hydrogens is 552 g/mol. The first-order valence-corrected chi connectivity index (χ1v) is 15.1. The Hall–Kier alpha value is -5.04. The van der Waals surface area contributed by atoms with Crippen LogP contribution in [0.2, 0.25) is 0 Å². The summed E-state index contributed by atoms with van der Waals surface area (Å²) in [7, 11) is 0. The monoisotopic (exact) mass is 586 g/mol. The largest absolute Gasteiger partial charge is 0.457 e. The highest BCUT2D eigenvalue weighted by atomic mass is 16.5. The minimum Gasteiger partial charge on any atom is -0.457 e. The fourth-order valence-corrected chi connectivity index (χ4v) is 6.82. The van der Waals surface area contributed by atoms with Gasteiger partial charge in [-0.25, -0.2) is 0 Å². The summed E-state index contributed by atoms with van der Waals surface area (Å²) in [5.41, 5.74) is 5.24. The summed E-state index contributed by atoms with van der Waals surface area (Å²) >= 11 is 0. The summed E-state index contributed by atoms with van der Waals surface area (Å²) in [6.07, 6.45) is 9.50. The molecule has 0 unspecified atom stereocenters. The van der Waals surface area contributed by atoms with E-state index < -0.39 is 0 Å². The molecule has 1 aliphatic carbocycles. The van der Waals surface area contributed by atoms with E-state index in [1.54, 1.807) is 23.5 Å². The summed E-state index contributed by atoms with van der Waals surface area (Å²) in [5, 5.41) is 12.1. The van der Waals surface area contributed by atoms with Crippen LogP contribution < -0.4 is 14.5 Å². The van der Waals surface area contributed by atoms with Crippen LogP contribution in [-0.4, -0.2) is 62.0 Å². The van der Waals surface area contributed by atoms with Crippen LogP contribution in [0.3, 0.4) is 0 Å². The van der Waals surface area contributed by atoms with Gasteiger partial charge in [-0.15, -0.1) is 0 Å². The number of aryl methyl sites for hydroxylation is 1. The highest BCUT2D eigenvalue weighted by Crippen LogP contribution is 2.53. The van der Waals surface area contributed by atoms with Crippen LogP contribution in [0, 0.1) is 18.3 Å². The Labute approximate surface area is 256 Å². The lowest BCUT2D eigenvalue weighted by Gasteiger charge is -2.44. The maximum absolute atomic E-state index is 12.6. The molecule has 1 spiro atoms. The number of amides is 1. The molecule has 0 radical (unpaired) electrons. The zero-order chi connectivity index (χ0) is 30.3. The average molecular weight is 587 g/mol. The quantitative estimate of drug-likeness (QED) is 0.289. The molecule has 222 valence electrons. The second-order valence-electron chi connectivity index (χ2n) is 11.9. The van der Waals surface area contributed by atoms with Crippen molar-refractivity contribution in [3.8, 4) is 12.1 Å². The fourth-order valence-electron chi connectivity index (χ4n) is 6.82. The number of carbonyl (C=O) groups is 1. The highest BCUT2D eigenvalue weighted by Gasteiger charge is 2.52. The molecule has 10 heteroatoms. The number of hydrogen-bond acceptors (Lipinski definition) is 9. The van der Waals surface area contributed by atoms with Gasteiger partial charge in [0.1, 0.15) is 12.4 Å². The number of nitrogens with zero attached hydrogens (tertiary/aromatic N) is 8. The Bertz CT molecular complexity index is 1780. The van der Waals surface area contributed by atoms with Crippen molar-refractivity contribution < 1.29 is 9.53 Å². The van der Waals surface area contributed by atoms with E-state index in [9.17, 15) is 10.1 Å². The van der Waals surface area contributed by atoms with Gasteiger partial charge in [-0.3, -0.25) is 14.8 Å². The van der Waals surface area contributed by atoms with Gasteiger partial charge >= 0.3 is 6.01 Å². The Morgan fingerprint density at radius 2 is 2.02 bits per heavy atom. The molecule has 10 nitrogen and oxygen atoms in total. The van der Waals surface area contributed by atoms with Gasteiger partial charge < -0.3 is 19.4 Å². The van der Waals surface area contributed by atoms with Gasteiger partial charge in [-0.05, 0) is 42.9 Å². The number of nitriles is 1. The van der Waals surface area contributed by atoms with Crippen LogP contribution in [0.15, 0.2) is 67.6 Å². The van der Waals surface area contributed by atoms with E-state index in [1.807, 2.05) is 0 Å². The molecule has 1 saturated heterocycles. The van der Waals surface area contributed by atoms with E-state index in [-0.39, 0.29) is 36.5 Å². The first-order valence-electron chi connectivity index (χ1n) is 15.1. The average Bonchev–Trinajstić information content (AvgIpc) is 3.82. The predicted molar refractivity (Wildman–Crippen MR) is 167 cm³/mol. The molecule has 3 aliphatic rings. The van der Waals surface area contributed by atoms with Crippen LogP contribution in [0.4, 0.5) is 11.5 Å². The van der Waals surface area contributed by atoms with Crippen LogP contribution in [-0.2, 0) is 24.4 Å². The molecule has 2 fully saturated rings. The van der Waals surface area contributed by atoms with Gasteiger partial charge in [0.2, 0.25) is 5.91 Å². The molecule has 0 bridgehead atoms. The third-order valence-electron chi connectivity index (χ3n) is 9.18. The van der Waals surface area contributed by atoms with E-state index in [0.717, 1.165) is 36.3 Å². The van der Waals surface area contributed by atoms with Crippen molar-refractivity contribution in [2.24, 2.45) is 0 Å². The molecule has 0 N–H and O–H groups in total. The second-order valence-corrected chi connectivity index (χ2v) is 11.9. The first-order chi connectivity index (χ1) is 21.5. The van der Waals surface area contributed by atoms with Gasteiger partial charge in [0.05, 0.1) is 42.7 Å². The molecule has 2 aromatic carbocycles. The van der Waals surface area contributed by atoms with E-state index in [0.29, 0.717) is 31.9 Å². The number of piperazine rings is 1. The van der Waals surface area contributed by atoms with Gasteiger partial charge in [-0.1, -0.05) is 36.9 Å². The van der Waals surface area contributed by atoms with Crippen LogP contribution in [0.5, 0.6) is 6.01 Å². The lowest BCUT2D eigenvalue weighted by molar-refractivity contribution is -0.128. The van der Waals surface area contributed by atoms with E-state index in [4.69, 9.17) is 14.7 Å². The molecule has 4 heterocycles. The Balaban J connectivity index is 1.29. The summed E-state index contributed by atoms with van der Waals surface area (Å²) < 4.78 is 6.14. The minimum absolute atomic E-state index is 0.00361. The smallest absolute Gasteiger partial charge is 0.319 e. The van der Waals surface area contributed by atoms with Crippen LogP contribution in [0.1, 0.15) is 41.8 Å². The molecule has 2 aromatic heterocycles. The molecule has 1 atom stereocenters. The molecule has 7 rings (SSSR count). The molecular formula is C34H34N8O2. The topological polar surface area (TPSA) is 111 Å². The third-order valence-corrected chi connectivity index (χ3v) is 9.18. The maximum Gasteiger partial charge on any atom is 0.319 e. The summed E-state index contributed by atoms with van der Waals surface area (Å²) in [5.74, 6) is 0.679. The van der Waals surface area contributed by atoms with Crippen molar-refractivity contribution in [2.75, 3.05) is 29.4 Å². The summed E-state index contributed by atoms with van der Waals surface area (Å²) in [6, 6.07) is 15.3. The highest BCUT2D eigenvalue weighted by molar-refractivity contribution is 5.97. The number of ether oxygens (including phenoxy) is 1. The molecule has 1 amide bonds. The number of benzene rings is 2. The lowest BCUT2D eigenvalue weighted by Crippen LogP contribution is -2.55. The summed E-state index contributed by atoms with van der Waals surface area (Å²) in [6.45, 7) is 8.24. The normalized spacial score (nSPS) is 18.5. The van der Waals surface area contributed by atoms with Crippen molar-refractivity contribution in [3.05, 3.63) is 90.2 Å². The number of rotatable bonds is 7. The Morgan fingerprint density at radius 1 is 1.18 bits per heavy atom. The van der Waals surface area contributed by atoms with Gasteiger partial charge in [-0.2, -0.15) is 15.2 Å². The van der Waals surface area contributed by atoms with E-state index in [2.05, 4.69) is 75.7 Å². The van der Waals surface area contributed by atoms with Crippen molar-refractivity contribution in [3.63, 3.8) is 0 Å². The van der Waals surface area contributed by atoms with Crippen molar-refractivity contribution >= 4 is 28.2 Å². The standard InChI is InChI=1S/C34H34N8O2/c1-3-30(43)41-17-16-40(20-26(41)10-13-35)32-27-18-34(11-12-34)42(29-9-5-8-24-7-4-6-23(2)31(24)29)21-28(27)38-33(39-32)44-22-25-19-36-14-15-37-25/h3-9,14-15,19,26H,1,10-12,16-18,20-22H2,2H3/t26-/m0/s1. The van der Waals surface area contributed by atoms with Crippen molar-refractivity contribution in [2.45, 2.75) is 57.3 Å². The zero-order valence-electron chi connectivity index (χ0n) is 24.8. The van der Waals surface area contributed by atoms with E-state index >= 15 is 0 Å². The van der Waals surface area contributed by atoms with Crippen molar-refractivity contribution in [1.82, 2.24) is 24.8 Å². The molecule has 4 aromatic rings. The van der Waals surface area contributed by atoms with Gasteiger partial charge in [0.15, 0.2) is 0 Å². The SMILES string of the molecule is C=CC(=O)N1CCN(c2nc(OCc3cnccn3)nc3c2CC2(CC2)N(c2cccc4cccc(C)c24)C3)C[C@@H]1CC#N. The number of fused-ring (bicyclic) bond motifs is 2. The van der Waals surface area contributed by atoms with Gasteiger partial charge in [0, 0.05) is 60.6 Å².